The molecule has 2 unspecified atom stereocenters. The van der Waals surface area contributed by atoms with E-state index >= 15 is 0 Å². The maximum Gasteiger partial charge on any atom is 0.178 e. The summed E-state index contributed by atoms with van der Waals surface area (Å²) in [6.07, 6.45) is 13.5. The van der Waals surface area contributed by atoms with Gasteiger partial charge in [0.05, 0.1) is 0 Å². The fraction of sp³-hybridized carbons (Fsp3) is 0.750. The molecule has 3 saturated carbocycles. The lowest BCUT2D eigenvalue weighted by Crippen LogP contribution is -2.61. The molecule has 0 radical (unpaired) electrons. The van der Waals surface area contributed by atoms with E-state index in [-0.39, 0.29) is 22.0 Å². The second kappa shape index (κ2) is 5.91. The van der Waals surface area contributed by atoms with Gasteiger partial charge in [0, 0.05) is 17.3 Å². The molecule has 26 heavy (non-hydrogen) atoms. The molecule has 0 aromatic heterocycles. The van der Waals surface area contributed by atoms with Crippen molar-refractivity contribution >= 4 is 11.6 Å². The molecule has 0 saturated heterocycles. The standard InChI is InChI=1S/C24H34O2/c1-5-23-12-10-17-15-18(25)14-16(3)22(17,4)19(23)11-13-24(6-2)20(23)8-7-9-21(24)26/h14-15,19-20H,5-13H2,1-4H3/t19?,20?,22-,23+,24-/m0/s1. The van der Waals surface area contributed by atoms with Crippen LogP contribution in [0.25, 0.3) is 0 Å². The van der Waals surface area contributed by atoms with E-state index in [0.717, 1.165) is 44.9 Å². The third kappa shape index (κ3) is 2.05. The molecule has 2 heteroatoms. The second-order valence-corrected chi connectivity index (χ2v) is 9.66. The van der Waals surface area contributed by atoms with Crippen molar-refractivity contribution in [1.82, 2.24) is 0 Å². The van der Waals surface area contributed by atoms with Crippen molar-refractivity contribution < 1.29 is 9.59 Å². The smallest absolute Gasteiger partial charge is 0.178 e. The topological polar surface area (TPSA) is 34.1 Å². The molecule has 4 aliphatic carbocycles. The number of hydrogen-bond acceptors (Lipinski definition) is 2. The van der Waals surface area contributed by atoms with Crippen LogP contribution >= 0.6 is 0 Å². The SMILES string of the molecule is CC[C@]12CCC3[C@@]4(C)C(C)=CC(=O)C=C4CC[C@@]3(CC)C1CCCC2=O. The maximum atomic E-state index is 13.1. The first-order valence-electron chi connectivity index (χ1n) is 10.8. The molecule has 0 spiro atoms. The van der Waals surface area contributed by atoms with E-state index in [1.807, 2.05) is 12.2 Å². The minimum absolute atomic E-state index is 0.0164. The van der Waals surface area contributed by atoms with Crippen LogP contribution in [0.1, 0.15) is 85.5 Å². The van der Waals surface area contributed by atoms with Gasteiger partial charge in [-0.2, -0.15) is 0 Å². The molecule has 0 aromatic rings. The summed E-state index contributed by atoms with van der Waals surface area (Å²) in [4.78, 5) is 25.3. The van der Waals surface area contributed by atoms with Gasteiger partial charge in [-0.1, -0.05) is 31.9 Å². The molecule has 0 aromatic carbocycles. The Labute approximate surface area is 158 Å². The van der Waals surface area contributed by atoms with Crippen LogP contribution in [-0.2, 0) is 9.59 Å². The summed E-state index contributed by atoms with van der Waals surface area (Å²) in [6.45, 7) is 9.18. The highest BCUT2D eigenvalue weighted by atomic mass is 16.1. The van der Waals surface area contributed by atoms with Gasteiger partial charge in [0.25, 0.3) is 0 Å². The lowest BCUT2D eigenvalue weighted by Gasteiger charge is -2.66. The van der Waals surface area contributed by atoms with Gasteiger partial charge in [0.2, 0.25) is 0 Å². The van der Waals surface area contributed by atoms with Crippen molar-refractivity contribution in [1.29, 1.82) is 0 Å². The maximum absolute atomic E-state index is 13.1. The molecule has 0 bridgehead atoms. The average molecular weight is 355 g/mol. The van der Waals surface area contributed by atoms with E-state index in [4.69, 9.17) is 0 Å². The number of carbonyl (C=O) groups is 2. The van der Waals surface area contributed by atoms with Crippen LogP contribution in [0.2, 0.25) is 0 Å². The summed E-state index contributed by atoms with van der Waals surface area (Å²) < 4.78 is 0. The van der Waals surface area contributed by atoms with Gasteiger partial charge >= 0.3 is 0 Å². The van der Waals surface area contributed by atoms with E-state index in [1.54, 1.807) is 0 Å². The van der Waals surface area contributed by atoms with Gasteiger partial charge in [0.1, 0.15) is 5.78 Å². The van der Waals surface area contributed by atoms with Crippen molar-refractivity contribution in [2.75, 3.05) is 0 Å². The minimum atomic E-state index is -0.0650. The fourth-order valence-electron chi connectivity index (χ4n) is 7.95. The summed E-state index contributed by atoms with van der Waals surface area (Å²) in [5.74, 6) is 1.83. The van der Waals surface area contributed by atoms with E-state index in [9.17, 15) is 9.59 Å². The molecule has 0 aliphatic heterocycles. The van der Waals surface area contributed by atoms with Crippen molar-refractivity contribution in [2.45, 2.75) is 85.5 Å². The number of Topliss-reactive ketones (excluding diaryl/α,β-unsaturated/α-hetero) is 1. The first-order chi connectivity index (χ1) is 12.3. The lowest BCUT2D eigenvalue weighted by atomic mass is 9.37. The Hall–Kier alpha value is -1.18. The zero-order valence-electron chi connectivity index (χ0n) is 17.0. The van der Waals surface area contributed by atoms with E-state index < -0.39 is 0 Å². The summed E-state index contributed by atoms with van der Waals surface area (Å²) in [5, 5.41) is 0. The minimum Gasteiger partial charge on any atom is -0.299 e. The second-order valence-electron chi connectivity index (χ2n) is 9.66. The number of fused-ring (bicyclic) bond motifs is 5. The Morgan fingerprint density at radius 1 is 1.00 bits per heavy atom. The Bertz CT molecular complexity index is 714. The van der Waals surface area contributed by atoms with Gasteiger partial charge in [-0.15, -0.1) is 0 Å². The summed E-state index contributed by atoms with van der Waals surface area (Å²) >= 11 is 0. The van der Waals surface area contributed by atoms with Crippen LogP contribution in [0.4, 0.5) is 0 Å². The Morgan fingerprint density at radius 2 is 1.77 bits per heavy atom. The molecule has 4 aliphatic rings. The Kier molecular flexibility index (Phi) is 4.13. The van der Waals surface area contributed by atoms with E-state index in [2.05, 4.69) is 27.7 Å². The van der Waals surface area contributed by atoms with Crippen molar-refractivity contribution in [2.24, 2.45) is 28.1 Å². The molecule has 2 nitrogen and oxygen atoms in total. The summed E-state index contributed by atoms with van der Waals surface area (Å²) in [7, 11) is 0. The quantitative estimate of drug-likeness (QED) is 0.626. The number of allylic oxidation sites excluding steroid dienone is 4. The van der Waals surface area contributed by atoms with Gasteiger partial charge in [0.15, 0.2) is 5.78 Å². The van der Waals surface area contributed by atoms with Crippen LogP contribution in [0.15, 0.2) is 23.3 Å². The number of ketones is 2. The van der Waals surface area contributed by atoms with Crippen molar-refractivity contribution in [3.8, 4) is 0 Å². The zero-order chi connectivity index (χ0) is 18.7. The van der Waals surface area contributed by atoms with Crippen molar-refractivity contribution in [3.05, 3.63) is 23.3 Å². The first kappa shape index (κ1) is 18.2. The number of carbonyl (C=O) groups excluding carboxylic acids is 2. The van der Waals surface area contributed by atoms with E-state index in [1.165, 1.54) is 24.0 Å². The largest absolute Gasteiger partial charge is 0.299 e. The number of rotatable bonds is 2. The van der Waals surface area contributed by atoms with Crippen LogP contribution < -0.4 is 0 Å². The van der Waals surface area contributed by atoms with Crippen LogP contribution in [0.3, 0.4) is 0 Å². The summed E-state index contributed by atoms with van der Waals surface area (Å²) in [6, 6.07) is 0. The third-order valence-corrected chi connectivity index (χ3v) is 9.39. The normalized spacial score (nSPS) is 45.2. The molecule has 4 rings (SSSR count). The van der Waals surface area contributed by atoms with Gasteiger partial charge < -0.3 is 0 Å². The van der Waals surface area contributed by atoms with Crippen LogP contribution in [0.5, 0.6) is 0 Å². The number of hydrogen-bond donors (Lipinski definition) is 0. The van der Waals surface area contributed by atoms with Gasteiger partial charge in [-0.3, -0.25) is 9.59 Å². The highest BCUT2D eigenvalue weighted by Crippen LogP contribution is 2.71. The van der Waals surface area contributed by atoms with Gasteiger partial charge in [-0.25, -0.2) is 0 Å². The van der Waals surface area contributed by atoms with Crippen molar-refractivity contribution in [3.63, 3.8) is 0 Å². The molecule has 0 amide bonds. The third-order valence-electron chi connectivity index (χ3n) is 9.39. The van der Waals surface area contributed by atoms with E-state index in [0.29, 0.717) is 17.6 Å². The van der Waals surface area contributed by atoms with Crippen LogP contribution in [0, 0.1) is 28.1 Å². The molecule has 0 N–H and O–H groups in total. The predicted octanol–water partition coefficient (Wildman–Crippen LogP) is 5.81. The molecule has 3 fully saturated rings. The Morgan fingerprint density at radius 3 is 2.46 bits per heavy atom. The molecule has 5 atom stereocenters. The molecular formula is C24H34O2. The molecule has 0 heterocycles. The highest BCUT2D eigenvalue weighted by Gasteiger charge is 2.65. The lowest BCUT2D eigenvalue weighted by molar-refractivity contribution is -0.167. The monoisotopic (exact) mass is 354 g/mol. The van der Waals surface area contributed by atoms with Gasteiger partial charge in [-0.05, 0) is 87.7 Å². The molecule has 142 valence electrons. The highest BCUT2D eigenvalue weighted by molar-refractivity contribution is 6.02. The summed E-state index contributed by atoms with van der Waals surface area (Å²) in [5.41, 5.74) is 2.83. The first-order valence-corrected chi connectivity index (χ1v) is 10.8. The zero-order valence-corrected chi connectivity index (χ0v) is 17.0. The van der Waals surface area contributed by atoms with Crippen LogP contribution in [-0.4, -0.2) is 11.6 Å². The fourth-order valence-corrected chi connectivity index (χ4v) is 7.95. The average Bonchev–Trinajstić information content (AvgIpc) is 2.63. The Balaban J connectivity index is 1.85. The predicted molar refractivity (Wildman–Crippen MR) is 105 cm³/mol. The molecular weight excluding hydrogens is 320 g/mol.